The molecule has 0 atom stereocenters. The van der Waals surface area contributed by atoms with Crippen molar-refractivity contribution in [3.63, 3.8) is 0 Å². The highest BCUT2D eigenvalue weighted by molar-refractivity contribution is 7.07. The third-order valence-electron chi connectivity index (χ3n) is 5.76. The predicted octanol–water partition coefficient (Wildman–Crippen LogP) is 3.58. The van der Waals surface area contributed by atoms with Gasteiger partial charge in [-0.05, 0) is 55.2 Å². The fourth-order valence-corrected chi connectivity index (χ4v) is 4.37. The van der Waals surface area contributed by atoms with Crippen LogP contribution in [0.5, 0.6) is 16.7 Å². The van der Waals surface area contributed by atoms with Gasteiger partial charge in [0.2, 0.25) is 5.91 Å². The van der Waals surface area contributed by atoms with E-state index in [0.29, 0.717) is 54.7 Å². The number of likely N-dealkylation sites (tertiary alicyclic amines) is 1. The maximum absolute atomic E-state index is 13.0. The molecular weight excluding hydrogens is 440 g/mol. The van der Waals surface area contributed by atoms with Crippen molar-refractivity contribution in [2.24, 2.45) is 11.7 Å². The molecule has 1 aliphatic heterocycles. The molecule has 4 rings (SSSR count). The van der Waals surface area contributed by atoms with Crippen molar-refractivity contribution in [1.82, 2.24) is 14.3 Å². The second-order valence-corrected chi connectivity index (χ2v) is 8.77. The number of methoxy groups -OCH3 is 1. The van der Waals surface area contributed by atoms with Gasteiger partial charge in [0.25, 0.3) is 11.1 Å². The molecule has 2 N–H and O–H groups in total. The molecule has 2 heterocycles. The standard InChI is InChI=1S/C24H26N4O4S/c1-15-6-7-18(23(30)28-10-8-17(9-11-28)22(25)29)14-20(15)32-24-26-21(27-33-24)13-16-4-3-5-19(12-16)31-2/h3-7,12,14,17H,8-11,13H2,1-2H3,(H2,25,29). The van der Waals surface area contributed by atoms with Crippen LogP contribution in [-0.4, -0.2) is 46.3 Å². The van der Waals surface area contributed by atoms with Gasteiger partial charge >= 0.3 is 0 Å². The molecule has 1 aliphatic rings. The molecule has 2 aromatic carbocycles. The molecule has 33 heavy (non-hydrogen) atoms. The van der Waals surface area contributed by atoms with Crippen LogP contribution in [-0.2, 0) is 11.2 Å². The molecular formula is C24H26N4O4S. The molecule has 2 amide bonds. The Kier molecular flexibility index (Phi) is 6.88. The van der Waals surface area contributed by atoms with Crippen LogP contribution in [0.25, 0.3) is 0 Å². The van der Waals surface area contributed by atoms with E-state index in [1.165, 1.54) is 11.5 Å². The van der Waals surface area contributed by atoms with Gasteiger partial charge in [-0.1, -0.05) is 18.2 Å². The number of ether oxygens (including phenoxy) is 2. The summed E-state index contributed by atoms with van der Waals surface area (Å²) in [7, 11) is 1.64. The van der Waals surface area contributed by atoms with E-state index < -0.39 is 0 Å². The number of aromatic nitrogens is 2. The van der Waals surface area contributed by atoms with E-state index in [-0.39, 0.29) is 17.7 Å². The van der Waals surface area contributed by atoms with Gasteiger partial charge < -0.3 is 20.1 Å². The molecule has 0 aliphatic carbocycles. The van der Waals surface area contributed by atoms with E-state index in [9.17, 15) is 9.59 Å². The van der Waals surface area contributed by atoms with Crippen LogP contribution in [0.15, 0.2) is 42.5 Å². The number of rotatable bonds is 7. The Morgan fingerprint density at radius 3 is 2.70 bits per heavy atom. The van der Waals surface area contributed by atoms with Crippen molar-refractivity contribution < 1.29 is 19.1 Å². The van der Waals surface area contributed by atoms with Crippen molar-refractivity contribution in [2.45, 2.75) is 26.2 Å². The second-order valence-electron chi connectivity index (χ2n) is 8.06. The van der Waals surface area contributed by atoms with Crippen LogP contribution in [0.2, 0.25) is 0 Å². The normalized spacial score (nSPS) is 14.2. The number of amides is 2. The first-order valence-corrected chi connectivity index (χ1v) is 11.5. The maximum atomic E-state index is 13.0. The number of hydrogen-bond acceptors (Lipinski definition) is 7. The number of piperidine rings is 1. The van der Waals surface area contributed by atoms with Crippen molar-refractivity contribution in [3.05, 3.63) is 65.0 Å². The van der Waals surface area contributed by atoms with Gasteiger partial charge in [-0.25, -0.2) is 0 Å². The van der Waals surface area contributed by atoms with Crippen LogP contribution in [0.4, 0.5) is 0 Å². The Labute approximate surface area is 196 Å². The summed E-state index contributed by atoms with van der Waals surface area (Å²) in [5.41, 5.74) is 7.87. The van der Waals surface area contributed by atoms with Crippen molar-refractivity contribution >= 4 is 23.3 Å². The van der Waals surface area contributed by atoms with Gasteiger partial charge in [-0.3, -0.25) is 9.59 Å². The fourth-order valence-electron chi connectivity index (χ4n) is 3.80. The van der Waals surface area contributed by atoms with Gasteiger partial charge in [0.15, 0.2) is 5.82 Å². The predicted molar refractivity (Wildman–Crippen MR) is 125 cm³/mol. The first-order chi connectivity index (χ1) is 15.9. The first-order valence-electron chi connectivity index (χ1n) is 10.8. The molecule has 0 bridgehead atoms. The molecule has 0 saturated carbocycles. The van der Waals surface area contributed by atoms with Crippen molar-refractivity contribution in [3.8, 4) is 16.7 Å². The summed E-state index contributed by atoms with van der Waals surface area (Å²) in [6.45, 7) is 2.95. The Hall–Kier alpha value is -3.46. The highest BCUT2D eigenvalue weighted by atomic mass is 32.1. The molecule has 0 spiro atoms. The van der Waals surface area contributed by atoms with Gasteiger partial charge in [0.05, 0.1) is 7.11 Å². The number of benzene rings is 2. The average molecular weight is 467 g/mol. The molecule has 3 aromatic rings. The zero-order valence-corrected chi connectivity index (χ0v) is 19.4. The van der Waals surface area contributed by atoms with E-state index in [2.05, 4.69) is 9.36 Å². The van der Waals surface area contributed by atoms with Crippen LogP contribution in [0.3, 0.4) is 0 Å². The van der Waals surface area contributed by atoms with Crippen LogP contribution in [0.1, 0.15) is 40.2 Å². The van der Waals surface area contributed by atoms with Gasteiger partial charge in [-0.2, -0.15) is 9.36 Å². The summed E-state index contributed by atoms with van der Waals surface area (Å²) in [6, 6.07) is 13.2. The van der Waals surface area contributed by atoms with Crippen molar-refractivity contribution in [1.29, 1.82) is 0 Å². The summed E-state index contributed by atoms with van der Waals surface area (Å²) >= 11 is 1.17. The number of nitrogens with two attached hydrogens (primary N) is 1. The third kappa shape index (κ3) is 5.48. The lowest BCUT2D eigenvalue weighted by atomic mass is 9.96. The molecule has 1 aromatic heterocycles. The Bertz CT molecular complexity index is 1150. The SMILES string of the molecule is COc1cccc(Cc2nsc(Oc3cc(C(=O)N4CCC(C(N)=O)CC4)ccc3C)n2)c1. The van der Waals surface area contributed by atoms with E-state index in [4.69, 9.17) is 15.2 Å². The Morgan fingerprint density at radius 2 is 1.97 bits per heavy atom. The van der Waals surface area contributed by atoms with Crippen LogP contribution < -0.4 is 15.2 Å². The lowest BCUT2D eigenvalue weighted by Gasteiger charge is -2.30. The fraction of sp³-hybridized carbons (Fsp3) is 0.333. The first kappa shape index (κ1) is 22.7. The largest absolute Gasteiger partial charge is 0.497 e. The van der Waals surface area contributed by atoms with Gasteiger partial charge in [-0.15, -0.1) is 0 Å². The number of carbonyl (C=O) groups excluding carboxylic acids is 2. The molecule has 172 valence electrons. The van der Waals surface area contributed by atoms with E-state index in [1.807, 2.05) is 37.3 Å². The van der Waals surface area contributed by atoms with E-state index >= 15 is 0 Å². The molecule has 1 fully saturated rings. The topological polar surface area (TPSA) is 108 Å². The lowest BCUT2D eigenvalue weighted by Crippen LogP contribution is -2.41. The number of primary amides is 1. The quantitative estimate of drug-likeness (QED) is 0.570. The minimum atomic E-state index is -0.295. The van der Waals surface area contributed by atoms with Gasteiger partial charge in [0, 0.05) is 42.5 Å². The summed E-state index contributed by atoms with van der Waals surface area (Å²) < 4.78 is 15.6. The zero-order valence-electron chi connectivity index (χ0n) is 18.6. The minimum absolute atomic E-state index is 0.0845. The second kappa shape index (κ2) is 9.99. The molecule has 0 radical (unpaired) electrons. The summed E-state index contributed by atoms with van der Waals surface area (Å²) in [5.74, 6) is 1.47. The molecule has 1 saturated heterocycles. The van der Waals surface area contributed by atoms with Gasteiger partial charge in [0.1, 0.15) is 11.5 Å². The molecule has 8 nitrogen and oxygen atoms in total. The summed E-state index contributed by atoms with van der Waals surface area (Å²) in [5, 5.41) is 0.419. The monoisotopic (exact) mass is 466 g/mol. The van der Waals surface area contributed by atoms with E-state index in [1.54, 1.807) is 24.1 Å². The number of hydrogen-bond donors (Lipinski definition) is 1. The smallest absolute Gasteiger partial charge is 0.298 e. The van der Waals surface area contributed by atoms with E-state index in [0.717, 1.165) is 16.9 Å². The summed E-state index contributed by atoms with van der Waals surface area (Å²) in [6.07, 6.45) is 1.75. The summed E-state index contributed by atoms with van der Waals surface area (Å²) in [4.78, 5) is 30.6. The van der Waals surface area contributed by atoms with Crippen LogP contribution >= 0.6 is 11.5 Å². The number of carbonyl (C=O) groups is 2. The Balaban J connectivity index is 1.43. The number of nitrogens with zero attached hydrogens (tertiary/aromatic N) is 3. The van der Waals surface area contributed by atoms with Crippen LogP contribution in [0, 0.1) is 12.8 Å². The minimum Gasteiger partial charge on any atom is -0.497 e. The third-order valence-corrected chi connectivity index (χ3v) is 6.40. The average Bonchev–Trinajstić information content (AvgIpc) is 3.26. The lowest BCUT2D eigenvalue weighted by molar-refractivity contribution is -0.123. The molecule has 0 unspecified atom stereocenters. The maximum Gasteiger partial charge on any atom is 0.298 e. The Morgan fingerprint density at radius 1 is 1.18 bits per heavy atom. The highest BCUT2D eigenvalue weighted by Gasteiger charge is 2.26. The van der Waals surface area contributed by atoms with Crippen molar-refractivity contribution in [2.75, 3.05) is 20.2 Å². The number of aryl methyl sites for hydroxylation is 1. The molecule has 9 heteroatoms. The highest BCUT2D eigenvalue weighted by Crippen LogP contribution is 2.29. The zero-order chi connectivity index (χ0) is 23.4.